The van der Waals surface area contributed by atoms with Gasteiger partial charge in [-0.15, -0.1) is 0 Å². The molecule has 110 valence electrons. The second kappa shape index (κ2) is 5.26. The Morgan fingerprint density at radius 1 is 1.25 bits per heavy atom. The van der Waals surface area contributed by atoms with Gasteiger partial charge in [-0.1, -0.05) is 0 Å². The van der Waals surface area contributed by atoms with Crippen molar-refractivity contribution in [1.82, 2.24) is 19.5 Å². The lowest BCUT2D eigenvalue weighted by Crippen LogP contribution is -2.33. The van der Waals surface area contributed by atoms with E-state index in [0.717, 1.165) is 0 Å². The fourth-order valence-corrected chi connectivity index (χ4v) is 2.17. The molecule has 0 saturated carbocycles. The number of aromatic nitrogens is 4. The fourth-order valence-electron chi connectivity index (χ4n) is 2.17. The molecule has 3 rings (SSSR count). The van der Waals surface area contributed by atoms with Gasteiger partial charge in [0.05, 0.1) is 12.9 Å². The highest BCUT2D eigenvalue weighted by Gasteiger charge is 2.43. The van der Waals surface area contributed by atoms with Crippen LogP contribution in [0.2, 0.25) is 0 Å². The van der Waals surface area contributed by atoms with Crippen molar-refractivity contribution in [2.24, 2.45) is 0 Å². The number of hydrogen-bond acceptors (Lipinski definition) is 8. The summed E-state index contributed by atoms with van der Waals surface area (Å²) < 4.78 is 6.85. The zero-order chi connectivity index (χ0) is 13.6. The molecule has 1 saturated heterocycles. The van der Waals surface area contributed by atoms with Crippen molar-refractivity contribution in [2.75, 3.05) is 12.3 Å². The average Bonchev–Trinajstić information content (AvgIpc) is 2.94. The van der Waals surface area contributed by atoms with Crippen LogP contribution in [0, 0.1) is 0 Å². The van der Waals surface area contributed by atoms with E-state index in [0.29, 0.717) is 11.2 Å². The molecule has 0 aromatic carbocycles. The van der Waals surface area contributed by atoms with Crippen LogP contribution >= 0.6 is 0 Å². The molecule has 20 heavy (non-hydrogen) atoms. The number of nitrogens with zero attached hydrogens (tertiary/aromatic N) is 4. The van der Waals surface area contributed by atoms with E-state index >= 15 is 0 Å². The molecule has 3 heterocycles. The smallest absolute Gasteiger partial charge is 0.167 e. The van der Waals surface area contributed by atoms with Gasteiger partial charge in [-0.05, 0) is 0 Å². The Morgan fingerprint density at radius 2 is 2.00 bits per heavy atom. The number of aliphatic hydroxyl groups excluding tert-OH is 3. The maximum Gasteiger partial charge on any atom is 0.167 e. The van der Waals surface area contributed by atoms with Crippen LogP contribution in [0.5, 0.6) is 0 Å². The standard InChI is InChI=1S/C10H13N5O4.H2O/c11-8-5-9(13-2-12-8)15(3-14-5)10-7(18)6(17)4(1-16)19-10;/h2-4,6-7,10,16-18H,1H2,(H2,11,12,13);1H2/t4-,6-,7+,10?;/m1./s1. The van der Waals surface area contributed by atoms with E-state index in [9.17, 15) is 10.2 Å². The van der Waals surface area contributed by atoms with Crippen molar-refractivity contribution < 1.29 is 25.5 Å². The summed E-state index contributed by atoms with van der Waals surface area (Å²) in [6, 6.07) is 0. The summed E-state index contributed by atoms with van der Waals surface area (Å²) in [4.78, 5) is 11.9. The molecule has 1 unspecified atom stereocenters. The molecule has 2 aromatic heterocycles. The van der Waals surface area contributed by atoms with E-state index in [-0.39, 0.29) is 11.3 Å². The summed E-state index contributed by atoms with van der Waals surface area (Å²) in [5, 5.41) is 28.7. The molecule has 10 nitrogen and oxygen atoms in total. The van der Waals surface area contributed by atoms with Gasteiger partial charge in [0.25, 0.3) is 0 Å². The topological polar surface area (TPSA) is 171 Å². The van der Waals surface area contributed by atoms with Gasteiger partial charge >= 0.3 is 0 Å². The third-order valence-electron chi connectivity index (χ3n) is 3.18. The minimum Gasteiger partial charge on any atom is -0.412 e. The monoisotopic (exact) mass is 285 g/mol. The van der Waals surface area contributed by atoms with Gasteiger partial charge in [-0.2, -0.15) is 0 Å². The van der Waals surface area contributed by atoms with Gasteiger partial charge in [0, 0.05) is 0 Å². The van der Waals surface area contributed by atoms with Crippen LogP contribution in [0.15, 0.2) is 12.7 Å². The van der Waals surface area contributed by atoms with E-state index in [2.05, 4.69) is 15.0 Å². The van der Waals surface area contributed by atoms with E-state index in [1.54, 1.807) is 0 Å². The molecule has 0 amide bonds. The van der Waals surface area contributed by atoms with Crippen molar-refractivity contribution in [2.45, 2.75) is 24.5 Å². The van der Waals surface area contributed by atoms with Crippen LogP contribution in [0.4, 0.5) is 5.82 Å². The second-order valence-corrected chi connectivity index (χ2v) is 4.31. The van der Waals surface area contributed by atoms with E-state index in [4.69, 9.17) is 15.6 Å². The highest BCUT2D eigenvalue weighted by molar-refractivity contribution is 5.81. The first-order valence-electron chi connectivity index (χ1n) is 5.69. The van der Waals surface area contributed by atoms with Gasteiger partial charge in [0.15, 0.2) is 17.7 Å². The Morgan fingerprint density at radius 3 is 2.65 bits per heavy atom. The summed E-state index contributed by atoms with van der Waals surface area (Å²) in [5.41, 5.74) is 6.44. The maximum atomic E-state index is 9.95. The minimum atomic E-state index is -1.19. The summed E-state index contributed by atoms with van der Waals surface area (Å²) in [6.45, 7) is -0.390. The fraction of sp³-hybridized carbons (Fsp3) is 0.500. The number of aliphatic hydroxyl groups is 3. The number of anilines is 1. The Balaban J connectivity index is 0.00000147. The largest absolute Gasteiger partial charge is 0.412 e. The lowest BCUT2D eigenvalue weighted by molar-refractivity contribution is -0.0511. The summed E-state index contributed by atoms with van der Waals surface area (Å²) >= 11 is 0. The molecule has 4 atom stereocenters. The molecule has 0 radical (unpaired) electrons. The van der Waals surface area contributed by atoms with Crippen LogP contribution in [0.3, 0.4) is 0 Å². The Bertz CT molecular complexity index is 605. The lowest BCUT2D eigenvalue weighted by atomic mass is 10.1. The lowest BCUT2D eigenvalue weighted by Gasteiger charge is -2.16. The first kappa shape index (κ1) is 14.6. The molecule has 0 aliphatic carbocycles. The normalized spacial score (nSPS) is 29.6. The summed E-state index contributed by atoms with van der Waals surface area (Å²) in [6.07, 6.45) is -1.42. The molecule has 0 spiro atoms. The summed E-state index contributed by atoms with van der Waals surface area (Å²) in [5.74, 6) is 0.218. The number of rotatable bonds is 2. The minimum absolute atomic E-state index is 0. The predicted octanol–water partition coefficient (Wildman–Crippen LogP) is -2.80. The molecule has 2 aromatic rings. The van der Waals surface area contributed by atoms with Crippen molar-refractivity contribution in [3.05, 3.63) is 12.7 Å². The zero-order valence-corrected chi connectivity index (χ0v) is 10.3. The van der Waals surface area contributed by atoms with Crippen molar-refractivity contribution in [3.63, 3.8) is 0 Å². The van der Waals surface area contributed by atoms with Crippen LogP contribution in [0.1, 0.15) is 6.23 Å². The van der Waals surface area contributed by atoms with Crippen LogP contribution in [-0.4, -0.2) is 65.2 Å². The highest BCUT2D eigenvalue weighted by Crippen LogP contribution is 2.31. The van der Waals surface area contributed by atoms with Crippen LogP contribution in [0.25, 0.3) is 11.2 Å². The van der Waals surface area contributed by atoms with Crippen LogP contribution in [-0.2, 0) is 4.74 Å². The number of fused-ring (bicyclic) bond motifs is 1. The molecule has 1 fully saturated rings. The quantitative estimate of drug-likeness (QED) is 0.458. The Hall–Kier alpha value is -1.85. The number of hydrogen-bond donors (Lipinski definition) is 4. The average molecular weight is 285 g/mol. The predicted molar refractivity (Wildman–Crippen MR) is 66.4 cm³/mol. The molecular weight excluding hydrogens is 270 g/mol. The second-order valence-electron chi connectivity index (χ2n) is 4.31. The Labute approximate surface area is 112 Å². The van der Waals surface area contributed by atoms with Gasteiger partial charge < -0.3 is 31.3 Å². The van der Waals surface area contributed by atoms with Gasteiger partial charge in [0.1, 0.15) is 30.2 Å². The van der Waals surface area contributed by atoms with Gasteiger partial charge in [0.2, 0.25) is 0 Å². The Kier molecular flexibility index (Phi) is 3.83. The van der Waals surface area contributed by atoms with E-state index in [1.165, 1.54) is 17.2 Å². The SMILES string of the molecule is Nc1ncnc2c1ncn2C1O[C@H](CO)[C@@H](O)[C@@H]1O.O. The number of nitrogens with two attached hydrogens (primary N) is 1. The maximum absolute atomic E-state index is 9.95. The molecule has 7 N–H and O–H groups in total. The number of ether oxygens (including phenoxy) is 1. The molecular formula is C10H15N5O5. The molecule has 10 heteroatoms. The number of imidazole rings is 1. The zero-order valence-electron chi connectivity index (χ0n) is 10.3. The first-order chi connectivity index (χ1) is 9.13. The third-order valence-corrected chi connectivity index (χ3v) is 3.18. The molecule has 1 aliphatic rings. The van der Waals surface area contributed by atoms with Crippen molar-refractivity contribution in [1.29, 1.82) is 0 Å². The molecule has 0 bridgehead atoms. The summed E-state index contributed by atoms with van der Waals surface area (Å²) in [7, 11) is 0. The first-order valence-corrected chi connectivity index (χ1v) is 5.69. The van der Waals surface area contributed by atoms with Crippen LogP contribution < -0.4 is 5.73 Å². The van der Waals surface area contributed by atoms with E-state index < -0.39 is 31.1 Å². The van der Waals surface area contributed by atoms with Gasteiger partial charge in [-0.3, -0.25) is 4.57 Å². The third kappa shape index (κ3) is 1.99. The van der Waals surface area contributed by atoms with Crippen molar-refractivity contribution in [3.8, 4) is 0 Å². The molecule has 1 aliphatic heterocycles. The van der Waals surface area contributed by atoms with Gasteiger partial charge in [-0.25, -0.2) is 15.0 Å². The van der Waals surface area contributed by atoms with Crippen molar-refractivity contribution >= 4 is 17.0 Å². The number of nitrogen functional groups attached to an aromatic ring is 1. The van der Waals surface area contributed by atoms with E-state index in [1.807, 2.05) is 0 Å². The highest BCUT2D eigenvalue weighted by atomic mass is 16.6.